The molecule has 1 aliphatic heterocycles. The second kappa shape index (κ2) is 8.99. The van der Waals surface area contributed by atoms with Crippen LogP contribution in [0.4, 0.5) is 0 Å². The summed E-state index contributed by atoms with van der Waals surface area (Å²) < 4.78 is 11.9. The molecular weight excluding hydrogens is 408 g/mol. The molecule has 0 bridgehead atoms. The maximum atomic E-state index is 12.6. The van der Waals surface area contributed by atoms with Crippen molar-refractivity contribution in [3.8, 4) is 11.4 Å². The number of amides is 2. The molecule has 0 N–H and O–H groups in total. The first-order valence-corrected chi connectivity index (χ1v) is 10.3. The molecule has 2 amide bonds. The molecule has 1 aliphatic rings. The molecule has 2 aromatic heterocycles. The van der Waals surface area contributed by atoms with Crippen LogP contribution in [0.5, 0.6) is 5.75 Å². The van der Waals surface area contributed by atoms with Gasteiger partial charge in [0, 0.05) is 26.2 Å². The lowest BCUT2D eigenvalue weighted by atomic mass is 10.3. The van der Waals surface area contributed by atoms with Crippen LogP contribution in [0.15, 0.2) is 52.2 Å². The van der Waals surface area contributed by atoms with E-state index in [9.17, 15) is 9.59 Å². The van der Waals surface area contributed by atoms with Crippen molar-refractivity contribution in [1.82, 2.24) is 30.0 Å². The Balaban J connectivity index is 1.31. The molecule has 0 radical (unpaired) electrons. The number of tetrazole rings is 1. The number of carbonyl (C=O) groups excluding carboxylic acids is 2. The summed E-state index contributed by atoms with van der Waals surface area (Å²) in [5.41, 5.74) is 0.779. The molecule has 3 aromatic rings. The van der Waals surface area contributed by atoms with Gasteiger partial charge in [-0.25, -0.2) is 0 Å². The van der Waals surface area contributed by atoms with Gasteiger partial charge in [-0.15, -0.1) is 5.10 Å². The fraction of sp³-hybridized carbons (Fsp3) is 0.316. The molecule has 1 aromatic carbocycles. The molecule has 10 nitrogen and oxygen atoms in total. The number of hydrogen-bond acceptors (Lipinski definition) is 8. The summed E-state index contributed by atoms with van der Waals surface area (Å²) in [6.07, 6.45) is 1.48. The number of thioether (sulfide) groups is 1. The Morgan fingerprint density at radius 2 is 1.83 bits per heavy atom. The van der Waals surface area contributed by atoms with Crippen LogP contribution in [0.2, 0.25) is 0 Å². The summed E-state index contributed by atoms with van der Waals surface area (Å²) in [6, 6.07) is 10.7. The van der Waals surface area contributed by atoms with E-state index in [-0.39, 0.29) is 17.6 Å². The van der Waals surface area contributed by atoms with E-state index >= 15 is 0 Å². The topological polar surface area (TPSA) is 107 Å². The number of rotatable bonds is 6. The first kappa shape index (κ1) is 20.0. The van der Waals surface area contributed by atoms with Gasteiger partial charge in [0.15, 0.2) is 5.76 Å². The van der Waals surface area contributed by atoms with E-state index in [2.05, 4.69) is 15.5 Å². The third kappa shape index (κ3) is 4.30. The van der Waals surface area contributed by atoms with Crippen LogP contribution in [-0.2, 0) is 4.79 Å². The minimum Gasteiger partial charge on any atom is -0.497 e. The molecule has 0 atom stereocenters. The standard InChI is InChI=1S/C19H20N6O4S/c1-28-15-6-4-14(5-7-15)25-19(20-21-22-25)30-13-17(26)23-8-10-24(11-9-23)18(27)16-3-2-12-29-16/h2-7,12H,8-11,13H2,1H3. The van der Waals surface area contributed by atoms with Gasteiger partial charge in [0.2, 0.25) is 11.1 Å². The van der Waals surface area contributed by atoms with E-state index in [1.165, 1.54) is 18.0 Å². The number of hydrogen-bond donors (Lipinski definition) is 0. The van der Waals surface area contributed by atoms with Crippen LogP contribution in [-0.4, -0.2) is 80.9 Å². The molecular formula is C19H20N6O4S. The van der Waals surface area contributed by atoms with Gasteiger partial charge >= 0.3 is 0 Å². The van der Waals surface area contributed by atoms with Crippen molar-refractivity contribution >= 4 is 23.6 Å². The average molecular weight is 428 g/mol. The Kier molecular flexibility index (Phi) is 5.98. The monoisotopic (exact) mass is 428 g/mol. The zero-order valence-electron chi connectivity index (χ0n) is 16.3. The Bertz CT molecular complexity index is 996. The number of methoxy groups -OCH3 is 1. The normalized spacial score (nSPS) is 14.0. The number of ether oxygens (including phenoxy) is 1. The van der Waals surface area contributed by atoms with E-state index in [0.717, 1.165) is 11.4 Å². The Morgan fingerprint density at radius 1 is 1.10 bits per heavy atom. The predicted molar refractivity (Wildman–Crippen MR) is 108 cm³/mol. The van der Waals surface area contributed by atoms with Crippen molar-refractivity contribution < 1.29 is 18.7 Å². The van der Waals surface area contributed by atoms with Gasteiger partial charge in [-0.2, -0.15) is 4.68 Å². The largest absolute Gasteiger partial charge is 0.497 e. The smallest absolute Gasteiger partial charge is 0.289 e. The Labute approximate surface area is 176 Å². The fourth-order valence-electron chi connectivity index (χ4n) is 3.09. The maximum Gasteiger partial charge on any atom is 0.289 e. The lowest BCUT2D eigenvalue weighted by Gasteiger charge is -2.34. The molecule has 11 heteroatoms. The lowest BCUT2D eigenvalue weighted by Crippen LogP contribution is -2.51. The highest BCUT2D eigenvalue weighted by molar-refractivity contribution is 7.99. The van der Waals surface area contributed by atoms with Crippen molar-refractivity contribution in [2.24, 2.45) is 0 Å². The zero-order valence-corrected chi connectivity index (χ0v) is 17.1. The molecule has 0 aliphatic carbocycles. The average Bonchev–Trinajstić information content (AvgIpc) is 3.49. The third-order valence-corrected chi connectivity index (χ3v) is 5.64. The van der Waals surface area contributed by atoms with Gasteiger partial charge in [0.1, 0.15) is 5.75 Å². The quantitative estimate of drug-likeness (QED) is 0.542. The minimum absolute atomic E-state index is 0.0191. The van der Waals surface area contributed by atoms with Crippen LogP contribution in [0, 0.1) is 0 Å². The maximum absolute atomic E-state index is 12.6. The van der Waals surface area contributed by atoms with Crippen molar-refractivity contribution in [3.05, 3.63) is 48.4 Å². The molecule has 4 rings (SSSR count). The van der Waals surface area contributed by atoms with Crippen LogP contribution in [0.1, 0.15) is 10.6 Å². The number of piperazine rings is 1. The molecule has 0 unspecified atom stereocenters. The van der Waals surface area contributed by atoms with Gasteiger partial charge in [-0.05, 0) is 46.8 Å². The molecule has 1 saturated heterocycles. The highest BCUT2D eigenvalue weighted by Gasteiger charge is 2.26. The van der Waals surface area contributed by atoms with Crippen LogP contribution < -0.4 is 4.74 Å². The van der Waals surface area contributed by atoms with Crippen molar-refractivity contribution in [1.29, 1.82) is 0 Å². The first-order valence-electron chi connectivity index (χ1n) is 9.32. The molecule has 3 heterocycles. The lowest BCUT2D eigenvalue weighted by molar-refractivity contribution is -0.129. The summed E-state index contributed by atoms with van der Waals surface area (Å²) in [7, 11) is 1.60. The van der Waals surface area contributed by atoms with Crippen molar-refractivity contribution in [3.63, 3.8) is 0 Å². The van der Waals surface area contributed by atoms with Crippen molar-refractivity contribution in [2.75, 3.05) is 39.0 Å². The number of furan rings is 1. The number of benzene rings is 1. The number of carbonyl (C=O) groups is 2. The van der Waals surface area contributed by atoms with Crippen LogP contribution >= 0.6 is 11.8 Å². The van der Waals surface area contributed by atoms with E-state index in [0.29, 0.717) is 37.1 Å². The SMILES string of the molecule is COc1ccc(-n2nnnc2SCC(=O)N2CCN(C(=O)c3ccco3)CC2)cc1. The van der Waals surface area contributed by atoms with Gasteiger partial charge < -0.3 is 19.0 Å². The Hall–Kier alpha value is -3.34. The highest BCUT2D eigenvalue weighted by Crippen LogP contribution is 2.21. The first-order chi connectivity index (χ1) is 14.7. The predicted octanol–water partition coefficient (Wildman–Crippen LogP) is 1.34. The van der Waals surface area contributed by atoms with E-state index in [1.54, 1.807) is 33.7 Å². The summed E-state index contributed by atoms with van der Waals surface area (Å²) in [6.45, 7) is 1.91. The molecule has 156 valence electrons. The van der Waals surface area contributed by atoms with Gasteiger partial charge in [-0.3, -0.25) is 9.59 Å². The molecule has 0 spiro atoms. The second-order valence-electron chi connectivity index (χ2n) is 6.51. The van der Waals surface area contributed by atoms with Gasteiger partial charge in [-0.1, -0.05) is 11.8 Å². The van der Waals surface area contributed by atoms with E-state index < -0.39 is 0 Å². The highest BCUT2D eigenvalue weighted by atomic mass is 32.2. The van der Waals surface area contributed by atoms with E-state index in [1.807, 2.05) is 24.3 Å². The summed E-state index contributed by atoms with van der Waals surface area (Å²) in [5.74, 6) is 1.09. The molecule has 30 heavy (non-hydrogen) atoms. The van der Waals surface area contributed by atoms with Gasteiger partial charge in [0.25, 0.3) is 5.91 Å². The summed E-state index contributed by atoms with van der Waals surface area (Å²) >= 11 is 1.27. The van der Waals surface area contributed by atoms with Gasteiger partial charge in [0.05, 0.1) is 24.8 Å². The second-order valence-corrected chi connectivity index (χ2v) is 7.45. The number of aromatic nitrogens is 4. The third-order valence-electron chi connectivity index (χ3n) is 4.73. The summed E-state index contributed by atoms with van der Waals surface area (Å²) in [5, 5.41) is 12.3. The Morgan fingerprint density at radius 3 is 2.50 bits per heavy atom. The van der Waals surface area contributed by atoms with Crippen molar-refractivity contribution in [2.45, 2.75) is 5.16 Å². The fourth-order valence-corrected chi connectivity index (χ4v) is 3.88. The summed E-state index contributed by atoms with van der Waals surface area (Å²) in [4.78, 5) is 28.4. The van der Waals surface area contributed by atoms with E-state index in [4.69, 9.17) is 9.15 Å². The minimum atomic E-state index is -0.153. The zero-order chi connectivity index (χ0) is 20.9. The van der Waals surface area contributed by atoms with Crippen LogP contribution in [0.3, 0.4) is 0 Å². The molecule has 1 fully saturated rings. The number of nitrogens with zero attached hydrogens (tertiary/aromatic N) is 6. The van der Waals surface area contributed by atoms with Crippen LogP contribution in [0.25, 0.3) is 5.69 Å². The molecule has 0 saturated carbocycles.